The number of hydrogen-bond donors (Lipinski definition) is 0. The number of halogens is 2. The molecule has 8 heteroatoms. The minimum Gasteiger partial charge on any atom is -0.490 e. The third kappa shape index (κ3) is 5.35. The van der Waals surface area contributed by atoms with E-state index >= 15 is 0 Å². The predicted octanol–water partition coefficient (Wildman–Crippen LogP) is 6.70. The molecule has 180 valence electrons. The van der Waals surface area contributed by atoms with E-state index < -0.39 is 0 Å². The summed E-state index contributed by atoms with van der Waals surface area (Å²) in [5.41, 5.74) is 2.24. The van der Waals surface area contributed by atoms with Crippen molar-refractivity contribution >= 4 is 52.5 Å². The fourth-order valence-corrected chi connectivity index (χ4v) is 5.14. The van der Waals surface area contributed by atoms with Gasteiger partial charge in [-0.05, 0) is 73.5 Å². The van der Waals surface area contributed by atoms with Crippen LogP contribution in [0.4, 0.5) is 0 Å². The molecule has 34 heavy (non-hydrogen) atoms. The number of hydrogen-bond acceptors (Lipinski definition) is 4. The van der Waals surface area contributed by atoms with Crippen molar-refractivity contribution in [2.75, 3.05) is 13.7 Å². The third-order valence-corrected chi connectivity index (χ3v) is 7.17. The summed E-state index contributed by atoms with van der Waals surface area (Å²) in [4.78, 5) is 16.9. The van der Waals surface area contributed by atoms with Gasteiger partial charge >= 0.3 is 0 Å². The molecule has 2 aromatic rings. The first-order valence-electron chi connectivity index (χ1n) is 11.6. The van der Waals surface area contributed by atoms with Crippen LogP contribution in [-0.4, -0.2) is 40.5 Å². The Morgan fingerprint density at radius 3 is 2.47 bits per heavy atom. The SMILES string of the molecule is CCOc1cc(/C=C2/C(=O)N(C3CCCCC3)C(=S)N2C)cc(Cl)c1OCc1ccc(Cl)cc1. The van der Waals surface area contributed by atoms with Gasteiger partial charge in [0.1, 0.15) is 12.3 Å². The number of rotatable bonds is 7. The van der Waals surface area contributed by atoms with E-state index in [0.29, 0.717) is 45.6 Å². The second-order valence-electron chi connectivity index (χ2n) is 8.52. The van der Waals surface area contributed by atoms with E-state index in [1.807, 2.05) is 50.4 Å². The number of carbonyl (C=O) groups is 1. The standard InChI is InChI=1S/C26H28Cl2N2O3S/c1-3-32-23-15-18(13-21(28)24(23)33-16-17-9-11-19(27)12-10-17)14-22-25(31)30(26(34)29(22)2)20-7-5-4-6-8-20/h9-15,20H,3-8,16H2,1-2H3/b22-14-. The quantitative estimate of drug-likeness (QED) is 0.301. The number of carbonyl (C=O) groups excluding carboxylic acids is 1. The molecule has 0 spiro atoms. The number of likely N-dealkylation sites (N-methyl/N-ethyl adjacent to an activating group) is 1. The Balaban J connectivity index is 1.59. The molecule has 1 amide bonds. The van der Waals surface area contributed by atoms with Crippen LogP contribution in [0, 0.1) is 0 Å². The molecule has 0 unspecified atom stereocenters. The molecule has 5 nitrogen and oxygen atoms in total. The highest BCUT2D eigenvalue weighted by molar-refractivity contribution is 7.80. The summed E-state index contributed by atoms with van der Waals surface area (Å²) in [5, 5.41) is 1.64. The molecule has 0 atom stereocenters. The third-order valence-electron chi connectivity index (χ3n) is 6.16. The van der Waals surface area contributed by atoms with E-state index in [2.05, 4.69) is 0 Å². The van der Waals surface area contributed by atoms with Crippen molar-refractivity contribution in [2.45, 2.75) is 51.7 Å². The molecule has 1 heterocycles. The van der Waals surface area contributed by atoms with Crippen LogP contribution in [0.15, 0.2) is 42.1 Å². The fraction of sp³-hybridized carbons (Fsp3) is 0.385. The zero-order valence-electron chi connectivity index (χ0n) is 19.4. The highest BCUT2D eigenvalue weighted by atomic mass is 35.5. The molecule has 0 aromatic heterocycles. The Bertz CT molecular complexity index is 1100. The second-order valence-corrected chi connectivity index (χ2v) is 9.73. The molecule has 1 aliphatic carbocycles. The summed E-state index contributed by atoms with van der Waals surface area (Å²) in [5.74, 6) is 0.929. The van der Waals surface area contributed by atoms with E-state index in [9.17, 15) is 4.79 Å². The lowest BCUT2D eigenvalue weighted by molar-refractivity contribution is -0.124. The number of thiocarbonyl (C=S) groups is 1. The van der Waals surface area contributed by atoms with Crippen molar-refractivity contribution in [3.05, 3.63) is 63.3 Å². The van der Waals surface area contributed by atoms with Crippen molar-refractivity contribution < 1.29 is 14.3 Å². The molecule has 1 aliphatic heterocycles. The normalized spacial score (nSPS) is 18.2. The summed E-state index contributed by atoms with van der Waals surface area (Å²) in [6.45, 7) is 2.67. The maximum atomic E-state index is 13.3. The lowest BCUT2D eigenvalue weighted by Gasteiger charge is -2.30. The van der Waals surface area contributed by atoms with Crippen LogP contribution >= 0.6 is 35.4 Å². The Morgan fingerprint density at radius 2 is 1.79 bits per heavy atom. The van der Waals surface area contributed by atoms with Gasteiger partial charge in [0.05, 0.1) is 11.6 Å². The zero-order valence-corrected chi connectivity index (χ0v) is 21.7. The Kier molecular flexibility index (Phi) is 8.02. The number of amides is 1. The van der Waals surface area contributed by atoms with E-state index in [-0.39, 0.29) is 11.9 Å². The molecular formula is C26H28Cl2N2O3S. The predicted molar refractivity (Wildman–Crippen MR) is 140 cm³/mol. The largest absolute Gasteiger partial charge is 0.490 e. The van der Waals surface area contributed by atoms with Gasteiger partial charge < -0.3 is 14.4 Å². The number of nitrogens with zero attached hydrogens (tertiary/aromatic N) is 2. The molecule has 0 radical (unpaired) electrons. The van der Waals surface area contributed by atoms with Crippen LogP contribution < -0.4 is 9.47 Å². The summed E-state index contributed by atoms with van der Waals surface area (Å²) in [7, 11) is 1.84. The number of ether oxygens (including phenoxy) is 2. The molecule has 1 saturated carbocycles. The smallest absolute Gasteiger partial charge is 0.277 e. The molecule has 2 aliphatic rings. The van der Waals surface area contributed by atoms with Gasteiger partial charge in [0.15, 0.2) is 16.6 Å². The van der Waals surface area contributed by atoms with Gasteiger partial charge in [-0.3, -0.25) is 9.69 Å². The first-order chi connectivity index (χ1) is 16.4. The highest BCUT2D eigenvalue weighted by Gasteiger charge is 2.40. The molecule has 2 aromatic carbocycles. The van der Waals surface area contributed by atoms with Crippen LogP contribution in [0.1, 0.15) is 50.2 Å². The zero-order chi connectivity index (χ0) is 24.2. The van der Waals surface area contributed by atoms with Crippen molar-refractivity contribution in [1.29, 1.82) is 0 Å². The van der Waals surface area contributed by atoms with E-state index in [0.717, 1.165) is 36.8 Å². The first kappa shape index (κ1) is 24.8. The molecule has 0 N–H and O–H groups in total. The second kappa shape index (κ2) is 11.0. The van der Waals surface area contributed by atoms with Gasteiger partial charge in [0, 0.05) is 18.1 Å². The number of benzene rings is 2. The maximum Gasteiger partial charge on any atom is 0.277 e. The van der Waals surface area contributed by atoms with Gasteiger partial charge in [0.25, 0.3) is 5.91 Å². The average Bonchev–Trinajstić information content (AvgIpc) is 3.03. The van der Waals surface area contributed by atoms with E-state index in [4.69, 9.17) is 44.9 Å². The average molecular weight is 519 g/mol. The topological polar surface area (TPSA) is 42.0 Å². The van der Waals surface area contributed by atoms with E-state index in [1.165, 1.54) is 6.42 Å². The van der Waals surface area contributed by atoms with Crippen LogP contribution in [0.5, 0.6) is 11.5 Å². The Morgan fingerprint density at radius 1 is 1.09 bits per heavy atom. The molecule has 4 rings (SSSR count). The summed E-state index contributed by atoms with van der Waals surface area (Å²) in [6.07, 6.45) is 7.28. The summed E-state index contributed by atoms with van der Waals surface area (Å²) in [6, 6.07) is 11.2. The summed E-state index contributed by atoms with van der Waals surface area (Å²) < 4.78 is 11.8. The Hall–Kier alpha value is -2.28. The van der Waals surface area contributed by atoms with Crippen LogP contribution in [0.25, 0.3) is 6.08 Å². The Labute approximate surface area is 216 Å². The van der Waals surface area contributed by atoms with Crippen molar-refractivity contribution in [1.82, 2.24) is 9.80 Å². The van der Waals surface area contributed by atoms with Crippen molar-refractivity contribution in [2.24, 2.45) is 0 Å². The molecule has 1 saturated heterocycles. The lowest BCUT2D eigenvalue weighted by atomic mass is 9.94. The highest BCUT2D eigenvalue weighted by Crippen LogP contribution is 2.39. The lowest BCUT2D eigenvalue weighted by Crippen LogP contribution is -2.41. The van der Waals surface area contributed by atoms with Gasteiger partial charge in [-0.15, -0.1) is 0 Å². The molecule has 2 fully saturated rings. The van der Waals surface area contributed by atoms with Crippen LogP contribution in [0.3, 0.4) is 0 Å². The van der Waals surface area contributed by atoms with Gasteiger partial charge in [-0.2, -0.15) is 0 Å². The van der Waals surface area contributed by atoms with Gasteiger partial charge in [-0.1, -0.05) is 54.6 Å². The van der Waals surface area contributed by atoms with Crippen LogP contribution in [0.2, 0.25) is 10.0 Å². The minimum atomic E-state index is -0.0588. The van der Waals surface area contributed by atoms with Crippen molar-refractivity contribution in [3.8, 4) is 11.5 Å². The minimum absolute atomic E-state index is 0.0588. The monoisotopic (exact) mass is 518 g/mol. The van der Waals surface area contributed by atoms with Crippen LogP contribution in [-0.2, 0) is 11.4 Å². The summed E-state index contributed by atoms with van der Waals surface area (Å²) >= 11 is 18.2. The van der Waals surface area contributed by atoms with Crippen molar-refractivity contribution in [3.63, 3.8) is 0 Å². The van der Waals surface area contributed by atoms with Gasteiger partial charge in [-0.25, -0.2) is 0 Å². The molecular weight excluding hydrogens is 491 g/mol. The molecule has 0 bridgehead atoms. The van der Waals surface area contributed by atoms with E-state index in [1.54, 1.807) is 15.9 Å². The fourth-order valence-electron chi connectivity index (χ4n) is 4.41. The first-order valence-corrected chi connectivity index (χ1v) is 12.7. The van der Waals surface area contributed by atoms with Gasteiger partial charge in [0.2, 0.25) is 0 Å². The maximum absolute atomic E-state index is 13.3.